The monoisotopic (exact) mass is 427 g/mol. The number of hydrogen-bond acceptors (Lipinski definition) is 6. The second-order valence-corrected chi connectivity index (χ2v) is 6.17. The van der Waals surface area contributed by atoms with Crippen LogP contribution in [0.1, 0.15) is 11.1 Å². The van der Waals surface area contributed by atoms with Crippen LogP contribution in [0.3, 0.4) is 0 Å². The molecule has 0 atom stereocenters. The highest BCUT2D eigenvalue weighted by Crippen LogP contribution is 2.26. The van der Waals surface area contributed by atoms with E-state index in [4.69, 9.17) is 0 Å². The van der Waals surface area contributed by atoms with Crippen LogP contribution in [0.25, 0.3) is 11.3 Å². The third-order valence-electron chi connectivity index (χ3n) is 3.52. The molecule has 0 aliphatic heterocycles. The number of aromatic hydroxyl groups is 1. The van der Waals surface area contributed by atoms with E-state index in [0.29, 0.717) is 10.0 Å². The molecule has 3 N–H and O–H groups in total. The Morgan fingerprint density at radius 2 is 2.07 bits per heavy atom. The van der Waals surface area contributed by atoms with E-state index in [0.717, 1.165) is 6.07 Å². The van der Waals surface area contributed by atoms with Gasteiger partial charge in [-0.2, -0.15) is 10.4 Å². The molecule has 3 rings (SSSR count). The van der Waals surface area contributed by atoms with Crippen molar-refractivity contribution in [2.45, 2.75) is 0 Å². The summed E-state index contributed by atoms with van der Waals surface area (Å²) in [4.78, 5) is 18.7. The molecule has 0 spiro atoms. The Balaban J connectivity index is 1.93. The van der Waals surface area contributed by atoms with Gasteiger partial charge in [0.25, 0.3) is 5.56 Å². The number of H-pyrrole nitrogens is 1. The molecule has 0 bridgehead atoms. The van der Waals surface area contributed by atoms with E-state index in [2.05, 4.69) is 36.4 Å². The number of nitrogens with zero attached hydrogens (tertiary/aromatic N) is 3. The first-order valence-corrected chi connectivity index (χ1v) is 8.36. The number of benzene rings is 2. The third-order valence-corrected chi connectivity index (χ3v) is 4.15. The number of rotatable bonds is 4. The number of hydrogen-bond donors (Lipinski definition) is 3. The molecular weight excluding hydrogens is 417 g/mol. The summed E-state index contributed by atoms with van der Waals surface area (Å²) in [5.74, 6) is -0.914. The summed E-state index contributed by atoms with van der Waals surface area (Å²) in [6, 6.07) is 12.9. The Kier molecular flexibility index (Phi) is 5.28. The number of halogens is 2. The van der Waals surface area contributed by atoms with Gasteiger partial charge in [0.15, 0.2) is 0 Å². The number of hydrazone groups is 1. The first kappa shape index (κ1) is 18.3. The first-order chi connectivity index (χ1) is 13.0. The van der Waals surface area contributed by atoms with Crippen molar-refractivity contribution in [1.29, 1.82) is 5.26 Å². The van der Waals surface area contributed by atoms with Gasteiger partial charge >= 0.3 is 0 Å². The van der Waals surface area contributed by atoms with Crippen LogP contribution in [0, 0.1) is 17.1 Å². The number of nitriles is 1. The average Bonchev–Trinajstić information content (AvgIpc) is 2.66. The zero-order chi connectivity index (χ0) is 19.4. The fourth-order valence-electron chi connectivity index (χ4n) is 2.25. The van der Waals surface area contributed by atoms with E-state index in [-0.39, 0.29) is 28.5 Å². The van der Waals surface area contributed by atoms with Crippen molar-refractivity contribution in [3.8, 4) is 23.1 Å². The van der Waals surface area contributed by atoms with Gasteiger partial charge in [-0.25, -0.2) is 14.8 Å². The van der Waals surface area contributed by atoms with Crippen LogP contribution in [-0.2, 0) is 0 Å². The van der Waals surface area contributed by atoms with Crippen LogP contribution in [0.4, 0.5) is 10.3 Å². The summed E-state index contributed by atoms with van der Waals surface area (Å²) in [5.41, 5.74) is 2.67. The lowest BCUT2D eigenvalue weighted by Crippen LogP contribution is -2.16. The topological polar surface area (TPSA) is 114 Å². The summed E-state index contributed by atoms with van der Waals surface area (Å²) < 4.78 is 14.1. The number of aromatic amines is 1. The fraction of sp³-hybridized carbons (Fsp3) is 0. The minimum absolute atomic E-state index is 0.00708. The number of phenols is 1. The fourth-order valence-corrected chi connectivity index (χ4v) is 2.61. The molecule has 0 fully saturated rings. The number of anilines is 1. The molecule has 1 aromatic heterocycles. The summed E-state index contributed by atoms with van der Waals surface area (Å²) in [6.07, 6.45) is 1.17. The molecule has 0 aliphatic carbocycles. The van der Waals surface area contributed by atoms with Crippen LogP contribution in [-0.4, -0.2) is 21.3 Å². The van der Waals surface area contributed by atoms with E-state index in [9.17, 15) is 19.6 Å². The van der Waals surface area contributed by atoms with Crippen molar-refractivity contribution < 1.29 is 9.50 Å². The minimum atomic E-state index is -0.674. The van der Waals surface area contributed by atoms with Crippen molar-refractivity contribution in [3.05, 3.63) is 74.2 Å². The van der Waals surface area contributed by atoms with Crippen LogP contribution in [0.15, 0.2) is 56.8 Å². The van der Waals surface area contributed by atoms with Gasteiger partial charge < -0.3 is 5.11 Å². The highest BCUT2D eigenvalue weighted by molar-refractivity contribution is 9.10. The van der Waals surface area contributed by atoms with Crippen molar-refractivity contribution in [3.63, 3.8) is 0 Å². The lowest BCUT2D eigenvalue weighted by molar-refractivity contribution is 0.465. The smallest absolute Gasteiger partial charge is 0.270 e. The summed E-state index contributed by atoms with van der Waals surface area (Å²) in [5, 5.41) is 22.5. The highest BCUT2D eigenvalue weighted by atomic mass is 79.9. The Labute approximate surface area is 161 Å². The molecule has 0 saturated heterocycles. The Bertz CT molecular complexity index is 1120. The number of phenolic OH excluding ortho intramolecular Hbond substituents is 1. The molecule has 27 heavy (non-hydrogen) atoms. The molecule has 0 radical (unpaired) electrons. The number of aromatic nitrogens is 2. The molecule has 134 valence electrons. The van der Waals surface area contributed by atoms with Gasteiger partial charge in [0.1, 0.15) is 23.2 Å². The predicted molar refractivity (Wildman–Crippen MR) is 102 cm³/mol. The van der Waals surface area contributed by atoms with Crippen LogP contribution >= 0.6 is 15.9 Å². The second-order valence-electron chi connectivity index (χ2n) is 5.31. The van der Waals surface area contributed by atoms with Crippen molar-refractivity contribution in [1.82, 2.24) is 9.97 Å². The first-order valence-electron chi connectivity index (χ1n) is 7.56. The lowest BCUT2D eigenvalue weighted by atomic mass is 10.1. The minimum Gasteiger partial charge on any atom is -0.507 e. The standard InChI is InChI=1S/C18H11BrFN5O2/c19-13-6-11(14(20)7-15(13)26)9-22-25-18-23-16(10-4-2-1-3-5-10)12(8-21)17(27)24-18/h1-7,9,26H,(H2,23,24,25,27). The van der Waals surface area contributed by atoms with E-state index in [1.54, 1.807) is 30.3 Å². The van der Waals surface area contributed by atoms with Gasteiger partial charge in [-0.3, -0.25) is 9.78 Å². The zero-order valence-electron chi connectivity index (χ0n) is 13.6. The van der Waals surface area contributed by atoms with Crippen LogP contribution in [0.2, 0.25) is 0 Å². The van der Waals surface area contributed by atoms with Gasteiger partial charge in [-0.1, -0.05) is 30.3 Å². The predicted octanol–water partition coefficient (Wildman–Crippen LogP) is 3.36. The van der Waals surface area contributed by atoms with Crippen LogP contribution < -0.4 is 11.0 Å². The maximum absolute atomic E-state index is 13.8. The molecule has 0 aliphatic rings. The quantitative estimate of drug-likeness (QED) is 0.436. The van der Waals surface area contributed by atoms with Crippen molar-refractivity contribution >= 4 is 28.1 Å². The largest absolute Gasteiger partial charge is 0.507 e. The van der Waals surface area contributed by atoms with E-state index >= 15 is 0 Å². The molecule has 1 heterocycles. The van der Waals surface area contributed by atoms with E-state index in [1.807, 2.05) is 6.07 Å². The van der Waals surface area contributed by atoms with Crippen LogP contribution in [0.5, 0.6) is 5.75 Å². The molecule has 3 aromatic rings. The van der Waals surface area contributed by atoms with Crippen molar-refractivity contribution in [2.75, 3.05) is 5.43 Å². The van der Waals surface area contributed by atoms with Gasteiger partial charge in [0, 0.05) is 17.2 Å². The SMILES string of the molecule is N#Cc1c(-c2ccccc2)nc(NN=Cc2cc(Br)c(O)cc2F)[nH]c1=O. The Hall–Kier alpha value is -3.51. The van der Waals surface area contributed by atoms with E-state index in [1.165, 1.54) is 12.3 Å². The Morgan fingerprint density at radius 3 is 2.78 bits per heavy atom. The third kappa shape index (κ3) is 4.02. The zero-order valence-corrected chi connectivity index (χ0v) is 15.2. The van der Waals surface area contributed by atoms with Crippen molar-refractivity contribution in [2.24, 2.45) is 5.10 Å². The van der Waals surface area contributed by atoms with Gasteiger partial charge in [-0.05, 0) is 22.0 Å². The molecular formula is C18H11BrFN5O2. The molecule has 9 heteroatoms. The molecule has 0 saturated carbocycles. The normalized spacial score (nSPS) is 10.7. The molecule has 2 aromatic carbocycles. The van der Waals surface area contributed by atoms with E-state index < -0.39 is 11.4 Å². The maximum atomic E-state index is 13.8. The number of nitrogens with one attached hydrogen (secondary N) is 2. The molecule has 7 nitrogen and oxygen atoms in total. The summed E-state index contributed by atoms with van der Waals surface area (Å²) >= 11 is 3.09. The average molecular weight is 428 g/mol. The second kappa shape index (κ2) is 7.80. The summed E-state index contributed by atoms with van der Waals surface area (Å²) in [6.45, 7) is 0. The summed E-state index contributed by atoms with van der Waals surface area (Å²) in [7, 11) is 0. The van der Waals surface area contributed by atoms with Gasteiger partial charge in [0.05, 0.1) is 16.4 Å². The lowest BCUT2D eigenvalue weighted by Gasteiger charge is -2.06. The van der Waals surface area contributed by atoms with Gasteiger partial charge in [-0.15, -0.1) is 0 Å². The Morgan fingerprint density at radius 1 is 1.33 bits per heavy atom. The maximum Gasteiger partial charge on any atom is 0.270 e. The molecule has 0 unspecified atom stereocenters. The van der Waals surface area contributed by atoms with Gasteiger partial charge in [0.2, 0.25) is 5.95 Å². The highest BCUT2D eigenvalue weighted by Gasteiger charge is 2.13. The molecule has 0 amide bonds.